The topological polar surface area (TPSA) is 48.9 Å². The summed E-state index contributed by atoms with van der Waals surface area (Å²) in [5.41, 5.74) is 2.74. The number of morpholine rings is 1. The number of rotatable bonds is 7. The molecule has 2 fully saturated rings. The Labute approximate surface area is 164 Å². The number of benzene rings is 1. The highest BCUT2D eigenvalue weighted by Crippen LogP contribution is 2.25. The van der Waals surface area contributed by atoms with E-state index in [9.17, 15) is 0 Å². The molecule has 5 nitrogen and oxygen atoms in total. The van der Waals surface area contributed by atoms with Crippen molar-refractivity contribution in [2.24, 2.45) is 10.9 Å². The van der Waals surface area contributed by atoms with Crippen LogP contribution in [0.1, 0.15) is 49.7 Å². The van der Waals surface area contributed by atoms with Gasteiger partial charge in [0, 0.05) is 39.8 Å². The van der Waals surface area contributed by atoms with Gasteiger partial charge in [0.05, 0.1) is 13.2 Å². The molecule has 1 aromatic carbocycles. The van der Waals surface area contributed by atoms with E-state index < -0.39 is 0 Å². The summed E-state index contributed by atoms with van der Waals surface area (Å²) in [6.45, 7) is 6.55. The first-order chi connectivity index (χ1) is 13.3. The van der Waals surface area contributed by atoms with Crippen LogP contribution in [0.3, 0.4) is 0 Å². The molecule has 0 unspecified atom stereocenters. The van der Waals surface area contributed by atoms with Crippen molar-refractivity contribution in [1.82, 2.24) is 15.5 Å². The fraction of sp³-hybridized carbons (Fsp3) is 0.682. The summed E-state index contributed by atoms with van der Waals surface area (Å²) in [5.74, 6) is 1.81. The summed E-state index contributed by atoms with van der Waals surface area (Å²) in [5, 5.41) is 7.00. The third-order valence-electron chi connectivity index (χ3n) is 5.86. The molecule has 1 aliphatic carbocycles. The quantitative estimate of drug-likeness (QED) is 0.570. The van der Waals surface area contributed by atoms with E-state index >= 15 is 0 Å². The van der Waals surface area contributed by atoms with Crippen molar-refractivity contribution in [2.45, 2.75) is 51.6 Å². The van der Waals surface area contributed by atoms with Crippen LogP contribution in [0, 0.1) is 5.92 Å². The zero-order valence-electron chi connectivity index (χ0n) is 16.9. The van der Waals surface area contributed by atoms with Gasteiger partial charge in [0.25, 0.3) is 0 Å². The molecule has 27 heavy (non-hydrogen) atoms. The highest BCUT2D eigenvalue weighted by molar-refractivity contribution is 5.79. The van der Waals surface area contributed by atoms with Gasteiger partial charge in [-0.2, -0.15) is 0 Å². The lowest BCUT2D eigenvalue weighted by atomic mass is 9.87. The minimum Gasteiger partial charge on any atom is -0.379 e. The number of aliphatic imine (C=N–C) groups is 1. The Bertz CT molecular complexity index is 577. The molecule has 1 aromatic rings. The van der Waals surface area contributed by atoms with Gasteiger partial charge in [-0.1, -0.05) is 56.4 Å². The minimum atomic E-state index is 0.809. The molecule has 0 atom stereocenters. The van der Waals surface area contributed by atoms with E-state index in [-0.39, 0.29) is 0 Å². The number of guanidine groups is 1. The Morgan fingerprint density at radius 1 is 1.07 bits per heavy atom. The van der Waals surface area contributed by atoms with Crippen molar-refractivity contribution in [3.8, 4) is 0 Å². The Balaban J connectivity index is 1.44. The van der Waals surface area contributed by atoms with Crippen LogP contribution >= 0.6 is 0 Å². The van der Waals surface area contributed by atoms with Crippen LogP contribution in [0.4, 0.5) is 0 Å². The van der Waals surface area contributed by atoms with Crippen LogP contribution in [-0.2, 0) is 17.8 Å². The number of nitrogens with one attached hydrogen (secondary N) is 2. The van der Waals surface area contributed by atoms with E-state index in [0.717, 1.165) is 57.8 Å². The van der Waals surface area contributed by atoms with Crippen LogP contribution in [0.25, 0.3) is 0 Å². The first-order valence-corrected chi connectivity index (χ1v) is 10.7. The maximum absolute atomic E-state index is 5.46. The van der Waals surface area contributed by atoms with Crippen molar-refractivity contribution in [1.29, 1.82) is 0 Å². The zero-order chi connectivity index (χ0) is 18.7. The highest BCUT2D eigenvalue weighted by Gasteiger charge is 2.14. The monoisotopic (exact) mass is 372 g/mol. The third-order valence-corrected chi connectivity index (χ3v) is 5.86. The van der Waals surface area contributed by atoms with Crippen LogP contribution in [-0.4, -0.2) is 50.8 Å². The first-order valence-electron chi connectivity index (χ1n) is 10.7. The number of hydrogen-bond donors (Lipinski definition) is 2. The van der Waals surface area contributed by atoms with Gasteiger partial charge in [-0.05, 0) is 23.5 Å². The SMILES string of the molecule is CN=C(NCCC1CCCCC1)NCc1ccccc1CN1CCOCC1. The van der Waals surface area contributed by atoms with Gasteiger partial charge >= 0.3 is 0 Å². The largest absolute Gasteiger partial charge is 0.379 e. The zero-order valence-corrected chi connectivity index (χ0v) is 16.9. The molecule has 2 aliphatic rings. The molecule has 0 radical (unpaired) electrons. The molecule has 0 spiro atoms. The Hall–Kier alpha value is -1.59. The fourth-order valence-electron chi connectivity index (χ4n) is 4.15. The van der Waals surface area contributed by atoms with Crippen LogP contribution in [0.5, 0.6) is 0 Å². The molecule has 0 amide bonds. The molecule has 1 aliphatic heterocycles. The molecule has 5 heteroatoms. The smallest absolute Gasteiger partial charge is 0.191 e. The second-order valence-electron chi connectivity index (χ2n) is 7.80. The molecular formula is C22H36N4O. The summed E-state index contributed by atoms with van der Waals surface area (Å²) in [4.78, 5) is 6.87. The van der Waals surface area contributed by atoms with Crippen molar-refractivity contribution in [2.75, 3.05) is 39.9 Å². The standard InChI is InChI=1S/C22H36N4O/c1-23-22(24-12-11-19-7-3-2-4-8-19)25-17-20-9-5-6-10-21(20)18-26-13-15-27-16-14-26/h5-6,9-10,19H,2-4,7-8,11-18H2,1H3,(H2,23,24,25). The Morgan fingerprint density at radius 3 is 2.56 bits per heavy atom. The molecule has 150 valence electrons. The van der Waals surface area contributed by atoms with Crippen molar-refractivity contribution in [3.63, 3.8) is 0 Å². The summed E-state index contributed by atoms with van der Waals surface area (Å²) < 4.78 is 5.46. The van der Waals surface area contributed by atoms with Crippen molar-refractivity contribution in [3.05, 3.63) is 35.4 Å². The van der Waals surface area contributed by atoms with E-state index in [1.54, 1.807) is 0 Å². The number of ether oxygens (including phenoxy) is 1. The lowest BCUT2D eigenvalue weighted by Crippen LogP contribution is -2.38. The maximum Gasteiger partial charge on any atom is 0.191 e. The Morgan fingerprint density at radius 2 is 1.81 bits per heavy atom. The van der Waals surface area contributed by atoms with Gasteiger partial charge < -0.3 is 15.4 Å². The average Bonchev–Trinajstić information content (AvgIpc) is 2.73. The number of hydrogen-bond acceptors (Lipinski definition) is 3. The van der Waals surface area contributed by atoms with Crippen molar-refractivity contribution >= 4 is 5.96 Å². The highest BCUT2D eigenvalue weighted by atomic mass is 16.5. The van der Waals surface area contributed by atoms with Crippen molar-refractivity contribution < 1.29 is 4.74 Å². The van der Waals surface area contributed by atoms with E-state index in [2.05, 4.69) is 44.8 Å². The average molecular weight is 373 g/mol. The first kappa shape index (κ1) is 20.2. The molecular weight excluding hydrogens is 336 g/mol. The molecule has 1 saturated heterocycles. The van der Waals surface area contributed by atoms with E-state index in [1.165, 1.54) is 49.7 Å². The van der Waals surface area contributed by atoms with E-state index in [0.29, 0.717) is 0 Å². The van der Waals surface area contributed by atoms with Crippen LogP contribution in [0.15, 0.2) is 29.3 Å². The molecule has 0 bridgehead atoms. The molecule has 3 rings (SSSR count). The summed E-state index contributed by atoms with van der Waals surface area (Å²) in [6.07, 6.45) is 8.33. The van der Waals surface area contributed by atoms with E-state index in [4.69, 9.17) is 4.74 Å². The van der Waals surface area contributed by atoms with Crippen LogP contribution < -0.4 is 10.6 Å². The molecule has 1 heterocycles. The second kappa shape index (κ2) is 11.3. The van der Waals surface area contributed by atoms with Gasteiger partial charge in [-0.25, -0.2) is 0 Å². The third kappa shape index (κ3) is 6.82. The molecule has 1 saturated carbocycles. The van der Waals surface area contributed by atoms with Gasteiger partial charge in [0.1, 0.15) is 0 Å². The van der Waals surface area contributed by atoms with Crippen LogP contribution in [0.2, 0.25) is 0 Å². The fourth-order valence-corrected chi connectivity index (χ4v) is 4.15. The van der Waals surface area contributed by atoms with E-state index in [1.807, 2.05) is 7.05 Å². The predicted molar refractivity (Wildman–Crippen MR) is 112 cm³/mol. The normalized spacial score (nSPS) is 19.8. The summed E-state index contributed by atoms with van der Waals surface area (Å²) >= 11 is 0. The predicted octanol–water partition coefficient (Wildman–Crippen LogP) is 3.15. The Kier molecular flexibility index (Phi) is 8.43. The van der Waals surface area contributed by atoms with Gasteiger partial charge in [-0.3, -0.25) is 9.89 Å². The van der Waals surface area contributed by atoms with Gasteiger partial charge in [0.15, 0.2) is 5.96 Å². The van der Waals surface area contributed by atoms with Gasteiger partial charge in [-0.15, -0.1) is 0 Å². The molecule has 2 N–H and O–H groups in total. The lowest BCUT2D eigenvalue weighted by molar-refractivity contribution is 0.0341. The van der Waals surface area contributed by atoms with Gasteiger partial charge in [0.2, 0.25) is 0 Å². The number of nitrogens with zero attached hydrogens (tertiary/aromatic N) is 2. The second-order valence-corrected chi connectivity index (χ2v) is 7.80. The minimum absolute atomic E-state index is 0.809. The summed E-state index contributed by atoms with van der Waals surface area (Å²) in [7, 11) is 1.86. The lowest BCUT2D eigenvalue weighted by Gasteiger charge is -2.27. The summed E-state index contributed by atoms with van der Waals surface area (Å²) in [6, 6.07) is 8.72. The molecule has 0 aromatic heterocycles. The maximum atomic E-state index is 5.46.